The van der Waals surface area contributed by atoms with Crippen molar-refractivity contribution in [2.75, 3.05) is 27.7 Å². The third-order valence-electron chi connectivity index (χ3n) is 3.30. The van der Waals surface area contributed by atoms with Crippen LogP contribution in [0, 0.1) is 0 Å². The van der Waals surface area contributed by atoms with Crippen molar-refractivity contribution in [3.8, 4) is 5.75 Å². The van der Waals surface area contributed by atoms with Gasteiger partial charge in [-0.1, -0.05) is 11.6 Å². The van der Waals surface area contributed by atoms with E-state index in [9.17, 15) is 4.79 Å². The molecule has 0 saturated carbocycles. The summed E-state index contributed by atoms with van der Waals surface area (Å²) in [4.78, 5) is 14.2. The standard InChI is InChI=1S/C14H21ClN2O2/c1-14(2,17(3)4)9-16-13(18)11-7-6-10(15)8-12(11)19-5/h6-8H,9H2,1-5H3,(H,16,18). The van der Waals surface area contributed by atoms with E-state index in [0.717, 1.165) is 0 Å². The van der Waals surface area contributed by atoms with Gasteiger partial charge in [-0.15, -0.1) is 0 Å². The minimum absolute atomic E-state index is 0.116. The van der Waals surface area contributed by atoms with Crippen LogP contribution in [-0.2, 0) is 0 Å². The Hall–Kier alpha value is -1.26. The van der Waals surface area contributed by atoms with Crippen LogP contribution in [0.2, 0.25) is 5.02 Å². The second kappa shape index (κ2) is 6.26. The Labute approximate surface area is 119 Å². The molecule has 19 heavy (non-hydrogen) atoms. The molecule has 1 N–H and O–H groups in total. The first kappa shape index (κ1) is 15.8. The summed E-state index contributed by atoms with van der Waals surface area (Å²) in [5.74, 6) is 0.316. The highest BCUT2D eigenvalue weighted by Crippen LogP contribution is 2.23. The van der Waals surface area contributed by atoms with E-state index >= 15 is 0 Å². The molecular weight excluding hydrogens is 264 g/mol. The van der Waals surface area contributed by atoms with Crippen LogP contribution in [0.15, 0.2) is 18.2 Å². The Kier molecular flexibility index (Phi) is 5.20. The number of nitrogens with zero attached hydrogens (tertiary/aromatic N) is 1. The van der Waals surface area contributed by atoms with E-state index in [0.29, 0.717) is 22.9 Å². The number of halogens is 1. The second-order valence-electron chi connectivity index (χ2n) is 5.23. The molecule has 5 heteroatoms. The van der Waals surface area contributed by atoms with Crippen molar-refractivity contribution < 1.29 is 9.53 Å². The molecule has 0 heterocycles. The monoisotopic (exact) mass is 284 g/mol. The maximum absolute atomic E-state index is 12.2. The average Bonchev–Trinajstić information content (AvgIpc) is 2.35. The number of amides is 1. The topological polar surface area (TPSA) is 41.6 Å². The van der Waals surface area contributed by atoms with E-state index in [1.54, 1.807) is 18.2 Å². The number of ether oxygens (including phenoxy) is 1. The number of methoxy groups -OCH3 is 1. The Morgan fingerprint density at radius 1 is 1.42 bits per heavy atom. The third-order valence-corrected chi connectivity index (χ3v) is 3.54. The predicted molar refractivity (Wildman–Crippen MR) is 78.1 cm³/mol. The first-order valence-corrected chi connectivity index (χ1v) is 6.45. The molecule has 1 rings (SSSR count). The first-order valence-electron chi connectivity index (χ1n) is 6.07. The number of hydrogen-bond acceptors (Lipinski definition) is 3. The lowest BCUT2D eigenvalue weighted by Crippen LogP contribution is -2.48. The molecular formula is C14H21ClN2O2. The van der Waals surface area contributed by atoms with E-state index < -0.39 is 0 Å². The fourth-order valence-electron chi connectivity index (χ4n) is 1.40. The number of rotatable bonds is 5. The van der Waals surface area contributed by atoms with Gasteiger partial charge in [0, 0.05) is 17.1 Å². The van der Waals surface area contributed by atoms with Gasteiger partial charge in [0.25, 0.3) is 5.91 Å². The molecule has 0 aliphatic rings. The van der Waals surface area contributed by atoms with Crippen LogP contribution in [0.3, 0.4) is 0 Å². The van der Waals surface area contributed by atoms with Gasteiger partial charge in [-0.2, -0.15) is 0 Å². The van der Waals surface area contributed by atoms with Crippen LogP contribution in [0.25, 0.3) is 0 Å². The summed E-state index contributed by atoms with van der Waals surface area (Å²) >= 11 is 5.87. The lowest BCUT2D eigenvalue weighted by molar-refractivity contribution is 0.0916. The zero-order valence-electron chi connectivity index (χ0n) is 12.1. The van der Waals surface area contributed by atoms with E-state index in [1.807, 2.05) is 14.1 Å². The van der Waals surface area contributed by atoms with Gasteiger partial charge in [0.1, 0.15) is 5.75 Å². The van der Waals surface area contributed by atoms with Crippen molar-refractivity contribution in [1.82, 2.24) is 10.2 Å². The van der Waals surface area contributed by atoms with Crippen molar-refractivity contribution in [1.29, 1.82) is 0 Å². The number of benzene rings is 1. The van der Waals surface area contributed by atoms with E-state index in [2.05, 4.69) is 24.1 Å². The van der Waals surface area contributed by atoms with Gasteiger partial charge >= 0.3 is 0 Å². The van der Waals surface area contributed by atoms with Crippen molar-refractivity contribution in [2.45, 2.75) is 19.4 Å². The number of nitrogens with one attached hydrogen (secondary N) is 1. The third kappa shape index (κ3) is 4.11. The molecule has 0 unspecified atom stereocenters. The molecule has 4 nitrogen and oxygen atoms in total. The molecule has 0 bridgehead atoms. The molecule has 0 atom stereocenters. The van der Waals surface area contributed by atoms with Crippen LogP contribution >= 0.6 is 11.6 Å². The van der Waals surface area contributed by atoms with Gasteiger partial charge in [0.2, 0.25) is 0 Å². The predicted octanol–water partition coefficient (Wildman–Crippen LogP) is 2.42. The van der Waals surface area contributed by atoms with Gasteiger partial charge in [0.15, 0.2) is 0 Å². The molecule has 106 valence electrons. The van der Waals surface area contributed by atoms with Gasteiger partial charge in [0.05, 0.1) is 12.7 Å². The Balaban J connectivity index is 2.79. The molecule has 1 aromatic rings. The highest BCUT2D eigenvalue weighted by molar-refractivity contribution is 6.30. The summed E-state index contributed by atoms with van der Waals surface area (Å²) in [7, 11) is 5.48. The summed E-state index contributed by atoms with van der Waals surface area (Å²) in [6, 6.07) is 4.97. The number of carbonyl (C=O) groups is 1. The molecule has 0 spiro atoms. The van der Waals surface area contributed by atoms with Crippen molar-refractivity contribution in [3.63, 3.8) is 0 Å². The number of hydrogen-bond donors (Lipinski definition) is 1. The fourth-order valence-corrected chi connectivity index (χ4v) is 1.56. The SMILES string of the molecule is COc1cc(Cl)ccc1C(=O)NCC(C)(C)N(C)C. The highest BCUT2D eigenvalue weighted by Gasteiger charge is 2.22. The van der Waals surface area contributed by atoms with Gasteiger partial charge in [-0.05, 0) is 46.1 Å². The molecule has 0 aliphatic heterocycles. The summed E-state index contributed by atoms with van der Waals surface area (Å²) < 4.78 is 5.17. The summed E-state index contributed by atoms with van der Waals surface area (Å²) in [5.41, 5.74) is 0.372. The lowest BCUT2D eigenvalue weighted by atomic mass is 10.0. The molecule has 1 aromatic carbocycles. The van der Waals surface area contributed by atoms with Crippen LogP contribution in [0.5, 0.6) is 5.75 Å². The van der Waals surface area contributed by atoms with Crippen LogP contribution < -0.4 is 10.1 Å². The normalized spacial score (nSPS) is 11.5. The van der Waals surface area contributed by atoms with Gasteiger partial charge < -0.3 is 15.0 Å². The van der Waals surface area contributed by atoms with Gasteiger partial charge in [-0.3, -0.25) is 4.79 Å². The zero-order valence-corrected chi connectivity index (χ0v) is 12.8. The van der Waals surface area contributed by atoms with Crippen molar-refractivity contribution >= 4 is 17.5 Å². The summed E-state index contributed by atoms with van der Waals surface area (Å²) in [6.45, 7) is 4.67. The quantitative estimate of drug-likeness (QED) is 0.903. The van der Waals surface area contributed by atoms with E-state index in [-0.39, 0.29) is 11.4 Å². The molecule has 0 saturated heterocycles. The second-order valence-corrected chi connectivity index (χ2v) is 5.67. The number of likely N-dealkylation sites (N-methyl/N-ethyl adjacent to an activating group) is 1. The fraction of sp³-hybridized carbons (Fsp3) is 0.500. The Morgan fingerprint density at radius 3 is 2.58 bits per heavy atom. The van der Waals surface area contributed by atoms with Crippen LogP contribution in [-0.4, -0.2) is 44.1 Å². The molecule has 0 aromatic heterocycles. The summed E-state index contributed by atoms with van der Waals surface area (Å²) in [5, 5.41) is 3.45. The minimum Gasteiger partial charge on any atom is -0.496 e. The zero-order chi connectivity index (χ0) is 14.6. The Morgan fingerprint density at radius 2 is 2.05 bits per heavy atom. The largest absolute Gasteiger partial charge is 0.496 e. The van der Waals surface area contributed by atoms with Crippen LogP contribution in [0.4, 0.5) is 0 Å². The average molecular weight is 285 g/mol. The van der Waals surface area contributed by atoms with Gasteiger partial charge in [-0.25, -0.2) is 0 Å². The van der Waals surface area contributed by atoms with Crippen LogP contribution in [0.1, 0.15) is 24.2 Å². The summed E-state index contributed by atoms with van der Waals surface area (Å²) in [6.07, 6.45) is 0. The van der Waals surface area contributed by atoms with E-state index in [4.69, 9.17) is 16.3 Å². The van der Waals surface area contributed by atoms with Crippen molar-refractivity contribution in [2.24, 2.45) is 0 Å². The molecule has 0 aliphatic carbocycles. The van der Waals surface area contributed by atoms with E-state index in [1.165, 1.54) is 7.11 Å². The highest BCUT2D eigenvalue weighted by atomic mass is 35.5. The lowest BCUT2D eigenvalue weighted by Gasteiger charge is -2.32. The maximum Gasteiger partial charge on any atom is 0.255 e. The minimum atomic E-state index is -0.163. The molecule has 0 radical (unpaired) electrons. The smallest absolute Gasteiger partial charge is 0.255 e. The first-order chi connectivity index (χ1) is 8.77. The van der Waals surface area contributed by atoms with Crippen molar-refractivity contribution in [3.05, 3.63) is 28.8 Å². The molecule has 1 amide bonds. The number of carbonyl (C=O) groups excluding carboxylic acids is 1. The maximum atomic E-state index is 12.2. The molecule has 0 fully saturated rings. The Bertz CT molecular complexity index is 459.